The highest BCUT2D eigenvalue weighted by molar-refractivity contribution is 6.74. The van der Waals surface area contributed by atoms with Gasteiger partial charge in [-0.2, -0.15) is 0 Å². The fourth-order valence-corrected chi connectivity index (χ4v) is 5.10. The minimum Gasteiger partial charge on any atom is -0.463 e. The highest BCUT2D eigenvalue weighted by atomic mass is 28.4. The zero-order valence-corrected chi connectivity index (χ0v) is 19.6. The first kappa shape index (κ1) is 22.4. The van der Waals surface area contributed by atoms with E-state index in [1.807, 2.05) is 20.8 Å². The van der Waals surface area contributed by atoms with E-state index in [1.54, 1.807) is 6.08 Å². The normalized spacial score (nSPS) is 29.4. The predicted octanol–water partition coefficient (Wildman–Crippen LogP) is 5.17. The smallest absolute Gasteiger partial charge is 0.373 e. The second kappa shape index (κ2) is 7.52. The zero-order chi connectivity index (χ0) is 20.7. The highest BCUT2D eigenvalue weighted by Crippen LogP contribution is 2.50. The topological polar surface area (TPSA) is 54.0 Å². The van der Waals surface area contributed by atoms with Crippen LogP contribution in [0, 0.1) is 5.92 Å². The number of hydrogen-bond donors (Lipinski definition) is 0. The third-order valence-electron chi connectivity index (χ3n) is 5.96. The number of hydrogen-bond acceptors (Lipinski definition) is 5. The van der Waals surface area contributed by atoms with Crippen LogP contribution in [-0.2, 0) is 23.4 Å². The summed E-state index contributed by atoms with van der Waals surface area (Å²) in [6.07, 6.45) is 5.41. The molecule has 0 aromatic rings. The maximum absolute atomic E-state index is 12.3. The summed E-state index contributed by atoms with van der Waals surface area (Å²) in [5.74, 6) is -1.02. The number of rotatable bonds is 4. The number of carbonyl (C=O) groups excluding carboxylic acids is 1. The van der Waals surface area contributed by atoms with Gasteiger partial charge < -0.3 is 18.6 Å². The molecule has 0 aromatic heterocycles. The first-order chi connectivity index (χ1) is 12.2. The molecule has 5 nitrogen and oxygen atoms in total. The van der Waals surface area contributed by atoms with E-state index < -0.39 is 20.1 Å². The van der Waals surface area contributed by atoms with E-state index in [4.69, 9.17) is 18.6 Å². The summed E-state index contributed by atoms with van der Waals surface area (Å²) in [6.45, 7) is 17.2. The molecule has 2 aliphatic rings. The average molecular weight is 399 g/mol. The highest BCUT2D eigenvalue weighted by Gasteiger charge is 2.56. The van der Waals surface area contributed by atoms with Crippen molar-refractivity contribution in [3.8, 4) is 0 Å². The fraction of sp³-hybridized carbons (Fsp3) is 0.857. The Morgan fingerprint density at radius 2 is 1.81 bits per heavy atom. The lowest BCUT2D eigenvalue weighted by Crippen LogP contribution is -2.60. The Bertz CT molecular complexity index is 584. The number of ether oxygens (including phenoxy) is 3. The first-order valence-corrected chi connectivity index (χ1v) is 13.0. The van der Waals surface area contributed by atoms with Crippen molar-refractivity contribution in [2.45, 2.75) is 103 Å². The van der Waals surface area contributed by atoms with Gasteiger partial charge in [0.2, 0.25) is 11.5 Å². The van der Waals surface area contributed by atoms with Crippen LogP contribution in [-0.4, -0.2) is 38.9 Å². The minimum atomic E-state index is -2.13. The molecule has 1 saturated carbocycles. The molecule has 1 fully saturated rings. The third kappa shape index (κ3) is 4.95. The minimum absolute atomic E-state index is 0.0417. The van der Waals surface area contributed by atoms with Gasteiger partial charge in [-0.3, -0.25) is 0 Å². The molecule has 0 amide bonds. The van der Waals surface area contributed by atoms with Crippen molar-refractivity contribution in [1.29, 1.82) is 0 Å². The van der Waals surface area contributed by atoms with Crippen LogP contribution in [0.15, 0.2) is 11.8 Å². The summed E-state index contributed by atoms with van der Waals surface area (Å²) in [5, 5.41) is 0.0417. The summed E-state index contributed by atoms with van der Waals surface area (Å²) < 4.78 is 24.5. The molecule has 0 saturated heterocycles. The molecule has 0 bridgehead atoms. The van der Waals surface area contributed by atoms with Gasteiger partial charge in [-0.05, 0) is 57.8 Å². The molecule has 0 radical (unpaired) electrons. The van der Waals surface area contributed by atoms with Crippen molar-refractivity contribution < 1.29 is 23.4 Å². The molecular formula is C21H38O5Si. The monoisotopic (exact) mass is 398 g/mol. The molecule has 156 valence electrons. The van der Waals surface area contributed by atoms with Crippen molar-refractivity contribution in [3.05, 3.63) is 11.8 Å². The van der Waals surface area contributed by atoms with Gasteiger partial charge in [0, 0.05) is 6.42 Å². The zero-order valence-electron chi connectivity index (χ0n) is 18.6. The van der Waals surface area contributed by atoms with E-state index in [-0.39, 0.29) is 28.4 Å². The SMILES string of the molecule is COC(=O)C1=C[C@@H](OC(C)(C)C)[C@@H]2CCCC[C@@]2(O[Si](C)(C)C(C)(C)C)O1. The molecule has 27 heavy (non-hydrogen) atoms. The molecule has 1 aliphatic heterocycles. The molecule has 6 heteroatoms. The first-order valence-electron chi connectivity index (χ1n) is 10.1. The van der Waals surface area contributed by atoms with E-state index in [9.17, 15) is 4.79 Å². The summed E-state index contributed by atoms with van der Waals surface area (Å²) >= 11 is 0. The van der Waals surface area contributed by atoms with Crippen LogP contribution in [0.3, 0.4) is 0 Å². The van der Waals surface area contributed by atoms with E-state index in [0.717, 1.165) is 25.7 Å². The van der Waals surface area contributed by atoms with Crippen molar-refractivity contribution in [2.24, 2.45) is 5.92 Å². The average Bonchev–Trinajstić information content (AvgIpc) is 2.50. The molecule has 0 aromatic carbocycles. The Labute approximate surface area is 165 Å². The quantitative estimate of drug-likeness (QED) is 0.483. The van der Waals surface area contributed by atoms with Gasteiger partial charge >= 0.3 is 5.97 Å². The van der Waals surface area contributed by atoms with Crippen molar-refractivity contribution >= 4 is 14.3 Å². The third-order valence-corrected chi connectivity index (χ3v) is 10.4. The maximum Gasteiger partial charge on any atom is 0.373 e. The van der Waals surface area contributed by atoms with E-state index in [2.05, 4.69) is 33.9 Å². The fourth-order valence-electron chi connectivity index (χ4n) is 3.63. The summed E-state index contributed by atoms with van der Waals surface area (Å²) in [7, 11) is -0.757. The van der Waals surface area contributed by atoms with Gasteiger partial charge in [-0.15, -0.1) is 0 Å². The van der Waals surface area contributed by atoms with Crippen LogP contribution >= 0.6 is 0 Å². The summed E-state index contributed by atoms with van der Waals surface area (Å²) in [5.41, 5.74) is -0.333. The van der Waals surface area contributed by atoms with Crippen LogP contribution in [0.2, 0.25) is 18.1 Å². The van der Waals surface area contributed by atoms with Gasteiger partial charge in [0.25, 0.3) is 0 Å². The largest absolute Gasteiger partial charge is 0.463 e. The number of fused-ring (bicyclic) bond motifs is 1. The Balaban J connectivity index is 2.48. The predicted molar refractivity (Wildman–Crippen MR) is 109 cm³/mol. The van der Waals surface area contributed by atoms with Crippen molar-refractivity contribution in [3.63, 3.8) is 0 Å². The molecule has 0 unspecified atom stereocenters. The van der Waals surface area contributed by atoms with Crippen LogP contribution in [0.4, 0.5) is 0 Å². The van der Waals surface area contributed by atoms with Gasteiger partial charge in [0.05, 0.1) is 24.7 Å². The Morgan fingerprint density at radius 3 is 2.33 bits per heavy atom. The molecule has 3 atom stereocenters. The lowest BCUT2D eigenvalue weighted by atomic mass is 9.78. The summed E-state index contributed by atoms with van der Waals surface area (Å²) in [4.78, 5) is 12.3. The number of methoxy groups -OCH3 is 1. The number of esters is 1. The van der Waals surface area contributed by atoms with Gasteiger partial charge in [-0.1, -0.05) is 27.2 Å². The Morgan fingerprint density at radius 1 is 1.19 bits per heavy atom. The molecular weight excluding hydrogens is 360 g/mol. The van der Waals surface area contributed by atoms with Crippen molar-refractivity contribution in [2.75, 3.05) is 7.11 Å². The van der Waals surface area contributed by atoms with Gasteiger partial charge in [-0.25, -0.2) is 4.79 Å². The number of carbonyl (C=O) groups is 1. The van der Waals surface area contributed by atoms with Crippen LogP contribution in [0.5, 0.6) is 0 Å². The van der Waals surface area contributed by atoms with E-state index >= 15 is 0 Å². The van der Waals surface area contributed by atoms with Crippen LogP contribution in [0.1, 0.15) is 67.2 Å². The van der Waals surface area contributed by atoms with Gasteiger partial charge in [0.15, 0.2) is 8.32 Å². The van der Waals surface area contributed by atoms with Gasteiger partial charge in [0.1, 0.15) is 0 Å². The van der Waals surface area contributed by atoms with Crippen LogP contribution < -0.4 is 0 Å². The molecule has 0 N–H and O–H groups in total. The van der Waals surface area contributed by atoms with E-state index in [1.165, 1.54) is 7.11 Å². The van der Waals surface area contributed by atoms with Crippen molar-refractivity contribution in [1.82, 2.24) is 0 Å². The molecule has 2 rings (SSSR count). The lowest BCUT2D eigenvalue weighted by Gasteiger charge is -2.54. The Kier molecular flexibility index (Phi) is 6.25. The second-order valence-corrected chi connectivity index (χ2v) is 15.1. The molecule has 1 heterocycles. The Hall–Kier alpha value is -0.853. The standard InChI is InChI=1S/C21H38O5Si/c1-19(2,3)24-16-14-17(18(22)23-7)25-21(13-11-10-12-15(16)21)26-27(8,9)20(4,5)6/h14-16H,10-13H2,1-9H3/t15-,16+,21-/m0/s1. The summed E-state index contributed by atoms with van der Waals surface area (Å²) in [6, 6.07) is 0. The maximum atomic E-state index is 12.3. The lowest BCUT2D eigenvalue weighted by molar-refractivity contribution is -0.258. The van der Waals surface area contributed by atoms with E-state index in [0.29, 0.717) is 0 Å². The molecule has 0 spiro atoms. The molecule has 1 aliphatic carbocycles. The van der Waals surface area contributed by atoms with Crippen LogP contribution in [0.25, 0.3) is 0 Å². The second-order valence-electron chi connectivity index (χ2n) is 10.3.